The topological polar surface area (TPSA) is 71.3 Å². The number of aromatic nitrogens is 2. The molecule has 0 unspecified atom stereocenters. The minimum atomic E-state index is -0.239. The van der Waals surface area contributed by atoms with E-state index in [0.717, 1.165) is 50.2 Å². The highest BCUT2D eigenvalue weighted by Crippen LogP contribution is 2.26. The molecule has 3 aromatic rings. The number of carbonyl (C=O) groups excluding carboxylic acids is 1. The van der Waals surface area contributed by atoms with Crippen LogP contribution in [0.25, 0.3) is 0 Å². The number of pyridine rings is 1. The van der Waals surface area contributed by atoms with Gasteiger partial charge in [-0.15, -0.1) is 0 Å². The molecule has 1 N–H and O–H groups in total. The standard InChI is InChI=1S/C23H26N4O2/c28-23(25-16-19-8-11-24-12-9-19)22-15-21(26-29-22)20-7-4-13-27(17-20)14-10-18-5-2-1-3-6-18/h1-3,5-6,8-9,11-12,15,20H,4,7,10,13-14,16-17H2,(H,25,28)/t20-/m1/s1. The average molecular weight is 390 g/mol. The predicted octanol–water partition coefficient (Wildman–Crippen LogP) is 3.42. The fraction of sp³-hybridized carbons (Fsp3) is 0.348. The molecule has 6 nitrogen and oxygen atoms in total. The Morgan fingerprint density at radius 2 is 1.97 bits per heavy atom. The van der Waals surface area contributed by atoms with Gasteiger partial charge >= 0.3 is 0 Å². The Labute approximate surface area is 170 Å². The first-order chi connectivity index (χ1) is 14.3. The van der Waals surface area contributed by atoms with Gasteiger partial charge in [-0.05, 0) is 49.1 Å². The molecule has 0 saturated carbocycles. The van der Waals surface area contributed by atoms with Crippen molar-refractivity contribution in [2.24, 2.45) is 0 Å². The first kappa shape index (κ1) is 19.3. The lowest BCUT2D eigenvalue weighted by atomic mass is 9.94. The van der Waals surface area contributed by atoms with E-state index in [1.165, 1.54) is 5.56 Å². The SMILES string of the molecule is O=C(NCc1ccncc1)c1cc([C@@H]2CCCN(CCc3ccccc3)C2)no1. The van der Waals surface area contributed by atoms with Crippen LogP contribution in [0, 0.1) is 0 Å². The fourth-order valence-corrected chi connectivity index (χ4v) is 3.79. The zero-order valence-corrected chi connectivity index (χ0v) is 16.5. The van der Waals surface area contributed by atoms with Crippen LogP contribution in [0.2, 0.25) is 0 Å². The smallest absolute Gasteiger partial charge is 0.290 e. The Hall–Kier alpha value is -2.99. The van der Waals surface area contributed by atoms with E-state index in [1.807, 2.05) is 12.1 Å². The lowest BCUT2D eigenvalue weighted by Crippen LogP contribution is -2.35. The molecular formula is C23H26N4O2. The van der Waals surface area contributed by atoms with Crippen LogP contribution in [0.4, 0.5) is 0 Å². The molecule has 29 heavy (non-hydrogen) atoms. The molecule has 1 aromatic carbocycles. The van der Waals surface area contributed by atoms with Crippen LogP contribution in [0.5, 0.6) is 0 Å². The fourth-order valence-electron chi connectivity index (χ4n) is 3.79. The number of hydrogen-bond donors (Lipinski definition) is 1. The summed E-state index contributed by atoms with van der Waals surface area (Å²) in [6, 6.07) is 16.1. The van der Waals surface area contributed by atoms with Crippen LogP contribution < -0.4 is 5.32 Å². The first-order valence-corrected chi connectivity index (χ1v) is 10.2. The number of carbonyl (C=O) groups is 1. The maximum absolute atomic E-state index is 12.4. The number of rotatable bonds is 7. The third-order valence-electron chi connectivity index (χ3n) is 5.44. The molecule has 1 aliphatic heterocycles. The van der Waals surface area contributed by atoms with Crippen LogP contribution in [-0.4, -0.2) is 40.6 Å². The number of hydrogen-bond acceptors (Lipinski definition) is 5. The summed E-state index contributed by atoms with van der Waals surface area (Å²) in [5.41, 5.74) is 3.24. The predicted molar refractivity (Wildman–Crippen MR) is 110 cm³/mol. The van der Waals surface area contributed by atoms with Crippen molar-refractivity contribution >= 4 is 5.91 Å². The van der Waals surface area contributed by atoms with Crippen LogP contribution in [-0.2, 0) is 13.0 Å². The second kappa shape index (κ2) is 9.47. The molecule has 1 aliphatic rings. The average Bonchev–Trinajstić information content (AvgIpc) is 3.28. The van der Waals surface area contributed by atoms with Gasteiger partial charge in [-0.25, -0.2) is 0 Å². The van der Waals surface area contributed by atoms with Gasteiger partial charge in [0.2, 0.25) is 5.76 Å². The molecule has 1 saturated heterocycles. The van der Waals surface area contributed by atoms with Crippen molar-refractivity contribution in [2.45, 2.75) is 31.7 Å². The lowest BCUT2D eigenvalue weighted by molar-refractivity contribution is 0.0913. The van der Waals surface area contributed by atoms with Gasteiger partial charge in [0, 0.05) is 44.0 Å². The molecule has 1 atom stereocenters. The third kappa shape index (κ3) is 5.29. The molecule has 0 bridgehead atoms. The number of nitrogens with zero attached hydrogens (tertiary/aromatic N) is 3. The maximum atomic E-state index is 12.4. The lowest BCUT2D eigenvalue weighted by Gasteiger charge is -2.31. The minimum Gasteiger partial charge on any atom is -0.351 e. The zero-order chi connectivity index (χ0) is 19.9. The van der Waals surface area contributed by atoms with Gasteiger partial charge in [-0.3, -0.25) is 9.78 Å². The van der Waals surface area contributed by atoms with Gasteiger partial charge in [-0.2, -0.15) is 0 Å². The Balaban J connectivity index is 1.30. The molecule has 4 rings (SSSR count). The molecule has 0 radical (unpaired) electrons. The highest BCUT2D eigenvalue weighted by atomic mass is 16.5. The van der Waals surface area contributed by atoms with E-state index >= 15 is 0 Å². The van der Waals surface area contributed by atoms with Gasteiger partial charge in [0.1, 0.15) is 0 Å². The molecule has 0 aliphatic carbocycles. The number of nitrogens with one attached hydrogen (secondary N) is 1. The van der Waals surface area contributed by atoms with E-state index in [2.05, 4.69) is 50.7 Å². The van der Waals surface area contributed by atoms with Gasteiger partial charge in [0.25, 0.3) is 5.91 Å². The van der Waals surface area contributed by atoms with E-state index in [1.54, 1.807) is 18.5 Å². The summed E-state index contributed by atoms with van der Waals surface area (Å²) in [6.07, 6.45) is 6.68. The van der Waals surface area contributed by atoms with Gasteiger partial charge < -0.3 is 14.7 Å². The molecule has 6 heteroatoms. The summed E-state index contributed by atoms with van der Waals surface area (Å²) in [7, 11) is 0. The van der Waals surface area contributed by atoms with Crippen molar-refractivity contribution in [3.63, 3.8) is 0 Å². The minimum absolute atomic E-state index is 0.239. The van der Waals surface area contributed by atoms with Crippen molar-refractivity contribution in [3.05, 3.63) is 83.5 Å². The summed E-state index contributed by atoms with van der Waals surface area (Å²) in [4.78, 5) is 18.8. The summed E-state index contributed by atoms with van der Waals surface area (Å²) >= 11 is 0. The largest absolute Gasteiger partial charge is 0.351 e. The van der Waals surface area contributed by atoms with E-state index in [0.29, 0.717) is 12.5 Å². The van der Waals surface area contributed by atoms with E-state index < -0.39 is 0 Å². The molecule has 3 heterocycles. The number of piperidine rings is 1. The van der Waals surface area contributed by atoms with Gasteiger partial charge in [-0.1, -0.05) is 35.5 Å². The number of likely N-dealkylation sites (tertiary alicyclic amines) is 1. The number of benzene rings is 1. The van der Waals surface area contributed by atoms with Crippen molar-refractivity contribution in [3.8, 4) is 0 Å². The Kier molecular flexibility index (Phi) is 6.32. The second-order valence-electron chi connectivity index (χ2n) is 7.53. The van der Waals surface area contributed by atoms with Gasteiger partial charge in [0.15, 0.2) is 0 Å². The molecule has 150 valence electrons. The molecule has 0 spiro atoms. The molecule has 2 aromatic heterocycles. The van der Waals surface area contributed by atoms with Gasteiger partial charge in [0.05, 0.1) is 5.69 Å². The second-order valence-corrected chi connectivity index (χ2v) is 7.53. The monoisotopic (exact) mass is 390 g/mol. The molecule has 1 amide bonds. The highest BCUT2D eigenvalue weighted by molar-refractivity contribution is 5.91. The maximum Gasteiger partial charge on any atom is 0.290 e. The highest BCUT2D eigenvalue weighted by Gasteiger charge is 2.25. The Morgan fingerprint density at radius 1 is 1.14 bits per heavy atom. The summed E-state index contributed by atoms with van der Waals surface area (Å²) in [5.74, 6) is 0.345. The van der Waals surface area contributed by atoms with Crippen LogP contribution in [0.1, 0.15) is 46.1 Å². The van der Waals surface area contributed by atoms with Crippen LogP contribution >= 0.6 is 0 Å². The van der Waals surface area contributed by atoms with E-state index in [4.69, 9.17) is 4.52 Å². The van der Waals surface area contributed by atoms with Crippen LogP contribution in [0.15, 0.2) is 65.4 Å². The van der Waals surface area contributed by atoms with Crippen molar-refractivity contribution < 1.29 is 9.32 Å². The first-order valence-electron chi connectivity index (χ1n) is 10.2. The summed E-state index contributed by atoms with van der Waals surface area (Å²) < 4.78 is 5.34. The van der Waals surface area contributed by atoms with Crippen molar-refractivity contribution in [2.75, 3.05) is 19.6 Å². The number of amides is 1. The normalized spacial score (nSPS) is 17.2. The molecule has 1 fully saturated rings. The zero-order valence-electron chi connectivity index (χ0n) is 16.5. The summed E-state index contributed by atoms with van der Waals surface area (Å²) in [5, 5.41) is 7.06. The van der Waals surface area contributed by atoms with Crippen molar-refractivity contribution in [1.29, 1.82) is 0 Å². The van der Waals surface area contributed by atoms with Crippen molar-refractivity contribution in [1.82, 2.24) is 20.4 Å². The Bertz CT molecular complexity index is 911. The summed E-state index contributed by atoms with van der Waals surface area (Å²) in [6.45, 7) is 3.55. The Morgan fingerprint density at radius 3 is 2.79 bits per heavy atom. The van der Waals surface area contributed by atoms with E-state index in [-0.39, 0.29) is 11.7 Å². The van der Waals surface area contributed by atoms with E-state index in [9.17, 15) is 4.79 Å². The van der Waals surface area contributed by atoms with Crippen LogP contribution in [0.3, 0.4) is 0 Å². The quantitative estimate of drug-likeness (QED) is 0.669. The third-order valence-corrected chi connectivity index (χ3v) is 5.44. The molecular weight excluding hydrogens is 364 g/mol.